The molecule has 0 saturated carbocycles. The molecule has 1 rings (SSSR count). The molecule has 0 aromatic carbocycles. The number of rotatable bonds is 8. The summed E-state index contributed by atoms with van der Waals surface area (Å²) in [4.78, 5) is 0. The molecule has 0 saturated heterocycles. The van der Waals surface area contributed by atoms with Gasteiger partial charge in [0.2, 0.25) is 0 Å². The first-order valence-electron chi connectivity index (χ1n) is 7.26. The number of aromatic nitrogens is 2. The molecule has 3 nitrogen and oxygen atoms in total. The van der Waals surface area contributed by atoms with E-state index in [0.717, 1.165) is 29.8 Å². The molecule has 0 radical (unpaired) electrons. The molecule has 1 unspecified atom stereocenters. The van der Waals surface area contributed by atoms with Crippen molar-refractivity contribution in [3.8, 4) is 0 Å². The highest BCUT2D eigenvalue weighted by Crippen LogP contribution is 2.25. The van der Waals surface area contributed by atoms with Gasteiger partial charge in [-0.25, -0.2) is 0 Å². The third-order valence-electron chi connectivity index (χ3n) is 3.73. The molecule has 0 amide bonds. The highest BCUT2D eigenvalue weighted by molar-refractivity contribution is 5.26. The maximum atomic E-state index is 10.2. The number of unbranched alkanes of at least 4 members (excludes halogenated alkanes) is 5. The Morgan fingerprint density at radius 3 is 2.28 bits per heavy atom. The molecule has 0 aliphatic carbocycles. The van der Waals surface area contributed by atoms with Crippen LogP contribution in [0.15, 0.2) is 0 Å². The molecule has 1 atom stereocenters. The summed E-state index contributed by atoms with van der Waals surface area (Å²) < 4.78 is 1.86. The molecule has 0 spiro atoms. The second-order valence-electron chi connectivity index (χ2n) is 5.28. The van der Waals surface area contributed by atoms with Gasteiger partial charge in [0.05, 0.1) is 11.8 Å². The molecule has 0 bridgehead atoms. The summed E-state index contributed by atoms with van der Waals surface area (Å²) in [5, 5.41) is 14.6. The van der Waals surface area contributed by atoms with E-state index in [2.05, 4.69) is 12.0 Å². The van der Waals surface area contributed by atoms with Crippen LogP contribution < -0.4 is 0 Å². The number of aryl methyl sites for hydroxylation is 2. The Morgan fingerprint density at radius 1 is 1.11 bits per heavy atom. The van der Waals surface area contributed by atoms with E-state index in [1.165, 1.54) is 32.1 Å². The van der Waals surface area contributed by atoms with E-state index in [9.17, 15) is 5.11 Å². The lowest BCUT2D eigenvalue weighted by atomic mass is 10.0. The van der Waals surface area contributed by atoms with Gasteiger partial charge in [-0.1, -0.05) is 45.4 Å². The monoisotopic (exact) mass is 252 g/mol. The highest BCUT2D eigenvalue weighted by atomic mass is 16.3. The van der Waals surface area contributed by atoms with E-state index in [4.69, 9.17) is 0 Å². The van der Waals surface area contributed by atoms with Crippen molar-refractivity contribution in [1.29, 1.82) is 0 Å². The summed E-state index contributed by atoms with van der Waals surface area (Å²) >= 11 is 0. The van der Waals surface area contributed by atoms with Crippen LogP contribution in [0.1, 0.15) is 74.9 Å². The topological polar surface area (TPSA) is 38.1 Å². The molecule has 1 heterocycles. The van der Waals surface area contributed by atoms with Crippen molar-refractivity contribution in [2.24, 2.45) is 7.05 Å². The van der Waals surface area contributed by atoms with Crippen LogP contribution in [-0.4, -0.2) is 14.9 Å². The third-order valence-corrected chi connectivity index (χ3v) is 3.73. The summed E-state index contributed by atoms with van der Waals surface area (Å²) in [6, 6.07) is 0. The van der Waals surface area contributed by atoms with Crippen molar-refractivity contribution in [2.45, 2.75) is 71.8 Å². The fourth-order valence-electron chi connectivity index (χ4n) is 2.53. The van der Waals surface area contributed by atoms with Crippen LogP contribution in [0.5, 0.6) is 0 Å². The minimum absolute atomic E-state index is 0.343. The average molecular weight is 252 g/mol. The molecular weight excluding hydrogens is 224 g/mol. The first-order valence-corrected chi connectivity index (χ1v) is 7.26. The lowest BCUT2D eigenvalue weighted by molar-refractivity contribution is 0.162. The van der Waals surface area contributed by atoms with E-state index in [1.54, 1.807) is 0 Å². The van der Waals surface area contributed by atoms with Gasteiger partial charge in [0.15, 0.2) is 0 Å². The van der Waals surface area contributed by atoms with Crippen molar-refractivity contribution < 1.29 is 5.11 Å². The van der Waals surface area contributed by atoms with Crippen LogP contribution in [0.4, 0.5) is 0 Å². The summed E-state index contributed by atoms with van der Waals surface area (Å²) in [5.74, 6) is 0. The number of hydrogen-bond acceptors (Lipinski definition) is 2. The van der Waals surface area contributed by atoms with E-state index >= 15 is 0 Å². The molecule has 1 aromatic heterocycles. The molecule has 104 valence electrons. The minimum atomic E-state index is -0.343. The molecule has 0 aliphatic heterocycles. The predicted molar refractivity (Wildman–Crippen MR) is 75.6 cm³/mol. The Kier molecular flexibility index (Phi) is 6.41. The zero-order chi connectivity index (χ0) is 13.5. The van der Waals surface area contributed by atoms with Crippen molar-refractivity contribution in [3.63, 3.8) is 0 Å². The van der Waals surface area contributed by atoms with Crippen LogP contribution in [-0.2, 0) is 7.05 Å². The summed E-state index contributed by atoms with van der Waals surface area (Å²) in [7, 11) is 1.93. The fourth-order valence-corrected chi connectivity index (χ4v) is 2.53. The average Bonchev–Trinajstić information content (AvgIpc) is 2.58. The third kappa shape index (κ3) is 4.13. The van der Waals surface area contributed by atoms with Gasteiger partial charge in [-0.2, -0.15) is 5.10 Å². The maximum Gasteiger partial charge on any atom is 0.0825 e. The van der Waals surface area contributed by atoms with Gasteiger partial charge >= 0.3 is 0 Å². The fraction of sp³-hybridized carbons (Fsp3) is 0.800. The largest absolute Gasteiger partial charge is 0.388 e. The van der Waals surface area contributed by atoms with Crippen LogP contribution >= 0.6 is 0 Å². The van der Waals surface area contributed by atoms with Crippen molar-refractivity contribution >= 4 is 0 Å². The summed E-state index contributed by atoms with van der Waals surface area (Å²) in [6.07, 6.45) is 8.11. The van der Waals surface area contributed by atoms with E-state index in [0.29, 0.717) is 0 Å². The van der Waals surface area contributed by atoms with Crippen molar-refractivity contribution in [1.82, 2.24) is 9.78 Å². The number of nitrogens with zero attached hydrogens (tertiary/aromatic N) is 2. The van der Waals surface area contributed by atoms with Crippen molar-refractivity contribution in [2.75, 3.05) is 0 Å². The molecule has 0 fully saturated rings. The van der Waals surface area contributed by atoms with Gasteiger partial charge in [-0.15, -0.1) is 0 Å². The highest BCUT2D eigenvalue weighted by Gasteiger charge is 2.17. The smallest absolute Gasteiger partial charge is 0.0825 e. The Bertz CT molecular complexity index is 358. The lowest BCUT2D eigenvalue weighted by Crippen LogP contribution is -2.01. The van der Waals surface area contributed by atoms with E-state index in [1.807, 2.05) is 25.6 Å². The van der Waals surface area contributed by atoms with Crippen LogP contribution in [0.2, 0.25) is 0 Å². The van der Waals surface area contributed by atoms with Crippen molar-refractivity contribution in [3.05, 3.63) is 17.0 Å². The zero-order valence-corrected chi connectivity index (χ0v) is 12.4. The molecule has 1 N–H and O–H groups in total. The second-order valence-corrected chi connectivity index (χ2v) is 5.28. The van der Waals surface area contributed by atoms with Gasteiger partial charge in [0.1, 0.15) is 0 Å². The van der Waals surface area contributed by atoms with Gasteiger partial charge in [0, 0.05) is 18.3 Å². The van der Waals surface area contributed by atoms with E-state index in [-0.39, 0.29) is 6.10 Å². The molecule has 18 heavy (non-hydrogen) atoms. The Balaban J connectivity index is 2.34. The molecule has 1 aromatic rings. The predicted octanol–water partition coefficient (Wildman–Crippen LogP) is 3.82. The minimum Gasteiger partial charge on any atom is -0.388 e. The van der Waals surface area contributed by atoms with Gasteiger partial charge in [-0.3, -0.25) is 4.68 Å². The zero-order valence-electron chi connectivity index (χ0n) is 12.4. The van der Waals surface area contributed by atoms with E-state index < -0.39 is 0 Å². The lowest BCUT2D eigenvalue weighted by Gasteiger charge is -2.11. The SMILES string of the molecule is CCCCCCCCC(O)c1c(C)nn(C)c1C. The Hall–Kier alpha value is -0.830. The van der Waals surface area contributed by atoms with Gasteiger partial charge < -0.3 is 5.11 Å². The summed E-state index contributed by atoms with van der Waals surface area (Å²) in [6.45, 7) is 6.24. The van der Waals surface area contributed by atoms with Crippen LogP contribution in [0, 0.1) is 13.8 Å². The van der Waals surface area contributed by atoms with Crippen LogP contribution in [0.25, 0.3) is 0 Å². The number of hydrogen-bond donors (Lipinski definition) is 1. The number of aliphatic hydroxyl groups is 1. The molecule has 0 aliphatic rings. The molecule has 3 heteroatoms. The standard InChI is InChI=1S/C15H28N2O/c1-5-6-7-8-9-10-11-14(18)15-12(2)16-17(4)13(15)3/h14,18H,5-11H2,1-4H3. The van der Waals surface area contributed by atoms with Crippen LogP contribution in [0.3, 0.4) is 0 Å². The van der Waals surface area contributed by atoms with Gasteiger partial charge in [-0.05, 0) is 20.3 Å². The first-order chi connectivity index (χ1) is 8.57. The second kappa shape index (κ2) is 7.57. The Labute approximate surface area is 111 Å². The normalized spacial score (nSPS) is 12.9. The molecular formula is C15H28N2O. The quantitative estimate of drug-likeness (QED) is 0.714. The maximum absolute atomic E-state index is 10.2. The summed E-state index contributed by atoms with van der Waals surface area (Å²) in [5.41, 5.74) is 3.09. The van der Waals surface area contributed by atoms with Gasteiger partial charge in [0.25, 0.3) is 0 Å². The number of aliphatic hydroxyl groups excluding tert-OH is 1. The first kappa shape index (κ1) is 15.2. The Morgan fingerprint density at radius 2 is 1.72 bits per heavy atom.